The van der Waals surface area contributed by atoms with E-state index in [4.69, 9.17) is 0 Å². The van der Waals surface area contributed by atoms with Crippen LogP contribution >= 0.6 is 0 Å². The molecule has 2 rings (SSSR count). The van der Waals surface area contributed by atoms with Crippen molar-refractivity contribution in [2.75, 3.05) is 0 Å². The Kier molecular flexibility index (Phi) is 2.79. The van der Waals surface area contributed by atoms with Crippen molar-refractivity contribution in [3.8, 4) is 5.69 Å². The van der Waals surface area contributed by atoms with E-state index in [0.717, 1.165) is 17.1 Å². The molecule has 0 saturated heterocycles. The lowest BCUT2D eigenvalue weighted by molar-refractivity contribution is 0.101. The Bertz CT molecular complexity index is 567. The van der Waals surface area contributed by atoms with E-state index in [9.17, 15) is 4.79 Å². The van der Waals surface area contributed by atoms with Gasteiger partial charge in [0.15, 0.2) is 5.78 Å². The third-order valence-electron chi connectivity index (χ3n) is 3.01. The van der Waals surface area contributed by atoms with Gasteiger partial charge >= 0.3 is 0 Å². The van der Waals surface area contributed by atoms with Gasteiger partial charge in [0.05, 0.1) is 17.6 Å². The van der Waals surface area contributed by atoms with E-state index < -0.39 is 0 Å². The van der Waals surface area contributed by atoms with Crippen LogP contribution in [0.5, 0.6) is 0 Å². The topological polar surface area (TPSA) is 47.8 Å². The summed E-state index contributed by atoms with van der Waals surface area (Å²) in [5.74, 6) is -0.0268. The number of carbonyl (C=O) groups excluding carboxylic acids is 1. The van der Waals surface area contributed by atoms with E-state index in [0.29, 0.717) is 5.69 Å². The highest BCUT2D eigenvalue weighted by molar-refractivity contribution is 5.92. The fraction of sp³-hybridized carbons (Fsp3) is 0.308. The van der Waals surface area contributed by atoms with E-state index in [1.807, 2.05) is 31.5 Å². The Labute approximate surface area is 100 Å². The molecule has 0 N–H and O–H groups in total. The minimum atomic E-state index is -0.0268. The number of rotatable bonds is 2. The molecule has 0 aromatic carbocycles. The van der Waals surface area contributed by atoms with Gasteiger partial charge in [-0.3, -0.25) is 9.78 Å². The Hall–Kier alpha value is -1.97. The van der Waals surface area contributed by atoms with Gasteiger partial charge in [-0.15, -0.1) is 0 Å². The predicted octanol–water partition coefficient (Wildman–Crippen LogP) is 2.40. The molecule has 0 aliphatic rings. The average Bonchev–Trinajstić information content (AvgIpc) is 2.57. The lowest BCUT2D eigenvalue weighted by atomic mass is 10.2. The minimum absolute atomic E-state index is 0.0268. The van der Waals surface area contributed by atoms with Crippen molar-refractivity contribution in [1.82, 2.24) is 14.8 Å². The number of aryl methyl sites for hydroxylation is 1. The summed E-state index contributed by atoms with van der Waals surface area (Å²) in [5, 5.41) is 4.45. The van der Waals surface area contributed by atoms with Gasteiger partial charge in [0.2, 0.25) is 0 Å². The van der Waals surface area contributed by atoms with Crippen LogP contribution in [0.3, 0.4) is 0 Å². The van der Waals surface area contributed by atoms with Crippen LogP contribution in [0.4, 0.5) is 0 Å². The molecule has 0 bridgehead atoms. The van der Waals surface area contributed by atoms with Crippen molar-refractivity contribution < 1.29 is 4.79 Å². The van der Waals surface area contributed by atoms with Crippen LogP contribution < -0.4 is 0 Å². The summed E-state index contributed by atoms with van der Waals surface area (Å²) in [7, 11) is 0. The molecule has 0 spiro atoms. The molecule has 2 heterocycles. The molecule has 0 unspecified atom stereocenters. The van der Waals surface area contributed by atoms with Gasteiger partial charge in [0, 0.05) is 12.6 Å². The number of pyridine rings is 1. The highest BCUT2D eigenvalue weighted by Crippen LogP contribution is 2.16. The maximum absolute atomic E-state index is 11.1. The molecule has 0 atom stereocenters. The lowest BCUT2D eigenvalue weighted by Crippen LogP contribution is -2.02. The molecule has 17 heavy (non-hydrogen) atoms. The zero-order valence-corrected chi connectivity index (χ0v) is 10.5. The standard InChI is InChI=1S/C13H15N3O/c1-8-9(2)15-16(10(8)3)12-5-6-13(11(4)17)14-7-12/h5-7H,1-4H3. The van der Waals surface area contributed by atoms with E-state index in [-0.39, 0.29) is 5.78 Å². The molecule has 2 aromatic heterocycles. The second-order valence-electron chi connectivity index (χ2n) is 4.17. The van der Waals surface area contributed by atoms with Crippen molar-refractivity contribution in [2.45, 2.75) is 27.7 Å². The molecule has 4 nitrogen and oxygen atoms in total. The largest absolute Gasteiger partial charge is 0.293 e. The number of hydrogen-bond donors (Lipinski definition) is 0. The fourth-order valence-corrected chi connectivity index (χ4v) is 1.69. The smallest absolute Gasteiger partial charge is 0.178 e. The quantitative estimate of drug-likeness (QED) is 0.743. The summed E-state index contributed by atoms with van der Waals surface area (Å²) >= 11 is 0. The van der Waals surface area contributed by atoms with Crippen LogP contribution in [-0.4, -0.2) is 20.5 Å². The summed E-state index contributed by atoms with van der Waals surface area (Å²) in [6.45, 7) is 7.56. The minimum Gasteiger partial charge on any atom is -0.293 e. The van der Waals surface area contributed by atoms with Crippen molar-refractivity contribution in [2.24, 2.45) is 0 Å². The molecule has 0 aliphatic carbocycles. The molecule has 2 aromatic rings. The van der Waals surface area contributed by atoms with Gasteiger partial charge in [-0.1, -0.05) is 0 Å². The van der Waals surface area contributed by atoms with Crippen LogP contribution in [0.2, 0.25) is 0 Å². The first-order valence-corrected chi connectivity index (χ1v) is 5.51. The highest BCUT2D eigenvalue weighted by atomic mass is 16.1. The summed E-state index contributed by atoms with van der Waals surface area (Å²) in [6.07, 6.45) is 1.68. The predicted molar refractivity (Wildman–Crippen MR) is 65.6 cm³/mol. The van der Waals surface area contributed by atoms with Gasteiger partial charge in [-0.05, 0) is 38.5 Å². The van der Waals surface area contributed by atoms with Crippen molar-refractivity contribution in [1.29, 1.82) is 0 Å². The first-order chi connectivity index (χ1) is 8.00. The number of ketones is 1. The third kappa shape index (κ3) is 1.98. The zero-order valence-electron chi connectivity index (χ0n) is 10.5. The number of nitrogens with zero attached hydrogens (tertiary/aromatic N) is 3. The molecule has 0 radical (unpaired) electrons. The Balaban J connectivity index is 2.47. The summed E-state index contributed by atoms with van der Waals surface area (Å²) < 4.78 is 1.85. The van der Waals surface area contributed by atoms with Crippen LogP contribution in [0.25, 0.3) is 5.69 Å². The maximum Gasteiger partial charge on any atom is 0.178 e. The fourth-order valence-electron chi connectivity index (χ4n) is 1.69. The van der Waals surface area contributed by atoms with Crippen LogP contribution in [0, 0.1) is 20.8 Å². The molecule has 88 valence electrons. The summed E-state index contributed by atoms with van der Waals surface area (Å²) in [4.78, 5) is 15.3. The number of Topliss-reactive ketones (excluding diaryl/α,β-unsaturated/α-hetero) is 1. The first kappa shape index (κ1) is 11.5. The van der Waals surface area contributed by atoms with Crippen molar-refractivity contribution in [3.05, 3.63) is 41.0 Å². The van der Waals surface area contributed by atoms with Gasteiger partial charge in [-0.25, -0.2) is 4.68 Å². The molecule has 4 heteroatoms. The third-order valence-corrected chi connectivity index (χ3v) is 3.01. The zero-order chi connectivity index (χ0) is 12.6. The molecule has 0 amide bonds. The van der Waals surface area contributed by atoms with E-state index in [1.54, 1.807) is 12.3 Å². The normalized spacial score (nSPS) is 10.6. The average molecular weight is 229 g/mol. The number of hydrogen-bond acceptors (Lipinski definition) is 3. The summed E-state index contributed by atoms with van der Waals surface area (Å²) in [6, 6.07) is 3.59. The van der Waals surface area contributed by atoms with Gasteiger partial charge in [0.25, 0.3) is 0 Å². The second-order valence-corrected chi connectivity index (χ2v) is 4.17. The van der Waals surface area contributed by atoms with Crippen molar-refractivity contribution >= 4 is 5.78 Å². The Morgan fingerprint density at radius 3 is 2.35 bits per heavy atom. The van der Waals surface area contributed by atoms with Gasteiger partial charge in [-0.2, -0.15) is 5.10 Å². The van der Waals surface area contributed by atoms with E-state index in [1.165, 1.54) is 12.5 Å². The number of aromatic nitrogens is 3. The van der Waals surface area contributed by atoms with Crippen LogP contribution in [0.1, 0.15) is 34.4 Å². The number of carbonyl (C=O) groups is 1. The summed E-state index contributed by atoms with van der Waals surface area (Å²) in [5.41, 5.74) is 4.65. The highest BCUT2D eigenvalue weighted by Gasteiger charge is 2.09. The molecule has 0 aliphatic heterocycles. The molecular weight excluding hydrogens is 214 g/mol. The Morgan fingerprint density at radius 2 is 1.94 bits per heavy atom. The van der Waals surface area contributed by atoms with Gasteiger partial charge < -0.3 is 0 Å². The van der Waals surface area contributed by atoms with Crippen molar-refractivity contribution in [3.63, 3.8) is 0 Å². The SMILES string of the molecule is CC(=O)c1ccc(-n2nc(C)c(C)c2C)cn1. The van der Waals surface area contributed by atoms with Gasteiger partial charge in [0.1, 0.15) is 5.69 Å². The van der Waals surface area contributed by atoms with E-state index in [2.05, 4.69) is 10.1 Å². The molecular formula is C13H15N3O. The lowest BCUT2D eigenvalue weighted by Gasteiger charge is -2.04. The Morgan fingerprint density at radius 1 is 1.24 bits per heavy atom. The van der Waals surface area contributed by atoms with E-state index >= 15 is 0 Å². The monoisotopic (exact) mass is 229 g/mol. The maximum atomic E-state index is 11.1. The second kappa shape index (κ2) is 4.13. The van der Waals surface area contributed by atoms with Crippen LogP contribution in [-0.2, 0) is 0 Å². The first-order valence-electron chi connectivity index (χ1n) is 5.51. The molecule has 0 saturated carbocycles. The molecule has 0 fully saturated rings. The van der Waals surface area contributed by atoms with Crippen LogP contribution in [0.15, 0.2) is 18.3 Å².